The lowest BCUT2D eigenvalue weighted by atomic mass is 9.99. The van der Waals surface area contributed by atoms with Crippen molar-refractivity contribution in [3.05, 3.63) is 44.9 Å². The van der Waals surface area contributed by atoms with Crippen LogP contribution >= 0.6 is 11.3 Å². The van der Waals surface area contributed by atoms with Crippen LogP contribution in [0.3, 0.4) is 0 Å². The van der Waals surface area contributed by atoms with Gasteiger partial charge >= 0.3 is 0 Å². The number of nitrogen functional groups attached to an aromatic ring is 1. The topological polar surface area (TPSA) is 59.2 Å². The maximum atomic E-state index is 12.6. The van der Waals surface area contributed by atoms with E-state index < -0.39 is 0 Å². The number of amides is 1. The second-order valence-electron chi connectivity index (χ2n) is 5.15. The lowest BCUT2D eigenvalue weighted by Gasteiger charge is -2.28. The molecule has 0 aliphatic carbocycles. The second kappa shape index (κ2) is 4.90. The average molecular weight is 287 g/mol. The number of carbonyl (C=O) groups excluding carboxylic acids is 1. The first-order valence-corrected chi connectivity index (χ1v) is 7.47. The van der Waals surface area contributed by atoms with E-state index in [9.17, 15) is 4.79 Å². The van der Waals surface area contributed by atoms with Crippen LogP contribution in [-0.2, 0) is 13.0 Å². The normalized spacial score (nSPS) is 14.2. The van der Waals surface area contributed by atoms with Gasteiger partial charge in [0.2, 0.25) is 0 Å². The van der Waals surface area contributed by atoms with Gasteiger partial charge in [0.25, 0.3) is 5.91 Å². The number of benzene rings is 1. The number of carbonyl (C=O) groups is 1. The Morgan fingerprint density at radius 1 is 1.35 bits per heavy atom. The van der Waals surface area contributed by atoms with Gasteiger partial charge in [0, 0.05) is 18.8 Å². The molecule has 2 aromatic rings. The fourth-order valence-corrected chi connectivity index (χ4v) is 3.51. The Morgan fingerprint density at radius 2 is 2.15 bits per heavy atom. The van der Waals surface area contributed by atoms with Gasteiger partial charge in [-0.2, -0.15) is 0 Å². The van der Waals surface area contributed by atoms with Gasteiger partial charge in [-0.3, -0.25) is 4.79 Å². The molecule has 0 saturated carbocycles. The first-order chi connectivity index (χ1) is 9.54. The molecule has 1 amide bonds. The highest BCUT2D eigenvalue weighted by Gasteiger charge is 2.24. The molecule has 0 saturated heterocycles. The zero-order chi connectivity index (χ0) is 14.3. The standard InChI is InChI=1S/C15H17N3OS/c1-9-14(20-10(2)17-9)15(19)18-6-5-11-3-4-13(16)7-12(11)8-18/h3-4,7H,5-6,8,16H2,1-2H3. The highest BCUT2D eigenvalue weighted by atomic mass is 32.1. The number of fused-ring (bicyclic) bond motifs is 1. The van der Waals surface area contributed by atoms with E-state index in [4.69, 9.17) is 5.73 Å². The summed E-state index contributed by atoms with van der Waals surface area (Å²) in [5.41, 5.74) is 9.86. The monoisotopic (exact) mass is 287 g/mol. The van der Waals surface area contributed by atoms with E-state index in [0.717, 1.165) is 39.8 Å². The summed E-state index contributed by atoms with van der Waals surface area (Å²) in [7, 11) is 0. The Kier molecular flexibility index (Phi) is 3.22. The van der Waals surface area contributed by atoms with E-state index >= 15 is 0 Å². The van der Waals surface area contributed by atoms with E-state index in [1.807, 2.05) is 30.9 Å². The van der Waals surface area contributed by atoms with Crippen molar-refractivity contribution in [3.8, 4) is 0 Å². The maximum absolute atomic E-state index is 12.6. The third kappa shape index (κ3) is 2.29. The van der Waals surface area contributed by atoms with E-state index in [2.05, 4.69) is 11.1 Å². The summed E-state index contributed by atoms with van der Waals surface area (Å²) in [4.78, 5) is 19.6. The minimum absolute atomic E-state index is 0.0844. The van der Waals surface area contributed by atoms with Gasteiger partial charge in [-0.15, -0.1) is 11.3 Å². The molecule has 0 spiro atoms. The lowest BCUT2D eigenvalue weighted by Crippen LogP contribution is -2.35. The molecule has 1 aromatic carbocycles. The van der Waals surface area contributed by atoms with Gasteiger partial charge in [-0.05, 0) is 43.5 Å². The van der Waals surface area contributed by atoms with Gasteiger partial charge in [0.15, 0.2) is 0 Å². The van der Waals surface area contributed by atoms with Crippen molar-refractivity contribution in [2.75, 3.05) is 12.3 Å². The first kappa shape index (κ1) is 13.1. The van der Waals surface area contributed by atoms with Crippen molar-refractivity contribution in [3.63, 3.8) is 0 Å². The zero-order valence-corrected chi connectivity index (χ0v) is 12.5. The molecule has 0 fully saturated rings. The summed E-state index contributed by atoms with van der Waals surface area (Å²) in [6, 6.07) is 5.96. The minimum Gasteiger partial charge on any atom is -0.399 e. The van der Waals surface area contributed by atoms with E-state index in [-0.39, 0.29) is 5.91 Å². The zero-order valence-electron chi connectivity index (χ0n) is 11.6. The molecule has 2 heterocycles. The van der Waals surface area contributed by atoms with Crippen molar-refractivity contribution in [2.45, 2.75) is 26.8 Å². The quantitative estimate of drug-likeness (QED) is 0.820. The van der Waals surface area contributed by atoms with Crippen LogP contribution in [-0.4, -0.2) is 22.3 Å². The molecule has 4 nitrogen and oxygen atoms in total. The minimum atomic E-state index is 0.0844. The van der Waals surface area contributed by atoms with Crippen molar-refractivity contribution >= 4 is 22.9 Å². The van der Waals surface area contributed by atoms with Crippen LogP contribution in [0.25, 0.3) is 0 Å². The molecule has 104 valence electrons. The predicted molar refractivity (Wildman–Crippen MR) is 80.9 cm³/mol. The van der Waals surface area contributed by atoms with Gasteiger partial charge in [0.05, 0.1) is 10.7 Å². The van der Waals surface area contributed by atoms with Crippen molar-refractivity contribution < 1.29 is 4.79 Å². The second-order valence-corrected chi connectivity index (χ2v) is 6.36. The molecule has 1 aliphatic rings. The van der Waals surface area contributed by atoms with E-state index in [1.54, 1.807) is 0 Å². The van der Waals surface area contributed by atoms with Gasteiger partial charge in [0.1, 0.15) is 4.88 Å². The summed E-state index contributed by atoms with van der Waals surface area (Å²) in [5, 5.41) is 0.938. The smallest absolute Gasteiger partial charge is 0.266 e. The molecule has 1 aliphatic heterocycles. The first-order valence-electron chi connectivity index (χ1n) is 6.65. The Balaban J connectivity index is 1.86. The van der Waals surface area contributed by atoms with Crippen molar-refractivity contribution in [1.82, 2.24) is 9.88 Å². The van der Waals surface area contributed by atoms with Gasteiger partial charge < -0.3 is 10.6 Å². The SMILES string of the molecule is Cc1nc(C)c(C(=O)N2CCc3ccc(N)cc3C2)s1. The fraction of sp³-hybridized carbons (Fsp3) is 0.333. The number of aryl methyl sites for hydroxylation is 2. The molecule has 0 bridgehead atoms. The number of hydrogen-bond acceptors (Lipinski definition) is 4. The molecule has 0 radical (unpaired) electrons. The largest absolute Gasteiger partial charge is 0.399 e. The molecule has 0 unspecified atom stereocenters. The van der Waals surface area contributed by atoms with E-state index in [0.29, 0.717) is 6.54 Å². The Bertz CT molecular complexity index is 678. The number of nitrogens with two attached hydrogens (primary N) is 1. The average Bonchev–Trinajstić information content (AvgIpc) is 2.76. The summed E-state index contributed by atoms with van der Waals surface area (Å²) in [5.74, 6) is 0.0844. The third-order valence-electron chi connectivity index (χ3n) is 3.63. The van der Waals surface area contributed by atoms with Crippen LogP contribution in [0.5, 0.6) is 0 Å². The van der Waals surface area contributed by atoms with Gasteiger partial charge in [-0.1, -0.05) is 6.07 Å². The van der Waals surface area contributed by atoms with Crippen LogP contribution in [0.15, 0.2) is 18.2 Å². The molecular formula is C15H17N3OS. The van der Waals surface area contributed by atoms with E-state index in [1.165, 1.54) is 16.9 Å². The number of hydrogen-bond donors (Lipinski definition) is 1. The fourth-order valence-electron chi connectivity index (χ4n) is 2.62. The van der Waals surface area contributed by atoms with Crippen LogP contribution in [0.1, 0.15) is 31.5 Å². The predicted octanol–water partition coefficient (Wildman–Crippen LogP) is 2.54. The summed E-state index contributed by atoms with van der Waals surface area (Å²) in [6.07, 6.45) is 0.887. The molecule has 1 aromatic heterocycles. The number of nitrogens with zero attached hydrogens (tertiary/aromatic N) is 2. The summed E-state index contributed by atoms with van der Waals surface area (Å²) >= 11 is 1.47. The lowest BCUT2D eigenvalue weighted by molar-refractivity contribution is 0.0738. The number of thiazole rings is 1. The number of rotatable bonds is 1. The maximum Gasteiger partial charge on any atom is 0.266 e. The van der Waals surface area contributed by atoms with Crippen molar-refractivity contribution in [2.24, 2.45) is 0 Å². The highest BCUT2D eigenvalue weighted by Crippen LogP contribution is 2.25. The highest BCUT2D eigenvalue weighted by molar-refractivity contribution is 7.13. The molecule has 3 rings (SSSR count). The van der Waals surface area contributed by atoms with Crippen LogP contribution in [0.4, 0.5) is 5.69 Å². The Morgan fingerprint density at radius 3 is 2.85 bits per heavy atom. The summed E-state index contributed by atoms with van der Waals surface area (Å²) in [6.45, 7) is 5.22. The van der Waals surface area contributed by atoms with Crippen molar-refractivity contribution in [1.29, 1.82) is 0 Å². The molecule has 0 atom stereocenters. The van der Waals surface area contributed by atoms with Crippen LogP contribution < -0.4 is 5.73 Å². The third-order valence-corrected chi connectivity index (χ3v) is 4.69. The number of aromatic nitrogens is 1. The molecule has 20 heavy (non-hydrogen) atoms. The Hall–Kier alpha value is -1.88. The Labute approximate surface area is 122 Å². The molecule has 2 N–H and O–H groups in total. The van der Waals surface area contributed by atoms with Gasteiger partial charge in [-0.25, -0.2) is 4.98 Å². The summed E-state index contributed by atoms with van der Waals surface area (Å²) < 4.78 is 0. The van der Waals surface area contributed by atoms with Crippen LogP contribution in [0, 0.1) is 13.8 Å². The van der Waals surface area contributed by atoms with Crippen LogP contribution in [0.2, 0.25) is 0 Å². The molecular weight excluding hydrogens is 270 g/mol. The molecule has 5 heteroatoms. The number of anilines is 1.